The van der Waals surface area contributed by atoms with Gasteiger partial charge in [-0.25, -0.2) is 0 Å². The molecule has 2 N–H and O–H groups in total. The molecule has 0 bridgehead atoms. The maximum absolute atomic E-state index is 12.5. The Morgan fingerprint density at radius 3 is 2.20 bits per heavy atom. The second kappa shape index (κ2) is 8.81. The fourth-order valence-electron chi connectivity index (χ4n) is 3.63. The smallest absolute Gasteiger partial charge is 0.315 e. The first-order valence-electron chi connectivity index (χ1n) is 9.48. The van der Waals surface area contributed by atoms with Gasteiger partial charge in [-0.05, 0) is 77.6 Å². The van der Waals surface area contributed by atoms with E-state index in [1.165, 1.54) is 31.2 Å². The molecule has 25 heavy (non-hydrogen) atoms. The quantitative estimate of drug-likeness (QED) is 0.773. The summed E-state index contributed by atoms with van der Waals surface area (Å²) in [6.45, 7) is 6.31. The van der Waals surface area contributed by atoms with Crippen LogP contribution < -0.4 is 10.6 Å². The molecule has 1 aliphatic rings. The normalized spacial score (nSPS) is 22.4. The average molecular weight is 347 g/mol. The molecule has 0 spiro atoms. The number of hydrogen-bond donors (Lipinski definition) is 2. The average Bonchev–Trinajstić information content (AvgIpc) is 2.58. The summed E-state index contributed by atoms with van der Waals surface area (Å²) in [5, 5.41) is 6.50. The van der Waals surface area contributed by atoms with Gasteiger partial charge >= 0.3 is 5.97 Å². The van der Waals surface area contributed by atoms with Crippen LogP contribution >= 0.6 is 0 Å². The van der Waals surface area contributed by atoms with Gasteiger partial charge in [0.2, 0.25) is 0 Å². The van der Waals surface area contributed by atoms with Crippen LogP contribution in [0.15, 0.2) is 24.3 Å². The van der Waals surface area contributed by atoms with E-state index in [1.807, 2.05) is 27.8 Å². The Balaban J connectivity index is 2.06. The summed E-state index contributed by atoms with van der Waals surface area (Å²) >= 11 is 0. The summed E-state index contributed by atoms with van der Waals surface area (Å²) < 4.78 is 5.59. The van der Waals surface area contributed by atoms with Crippen molar-refractivity contribution in [3.05, 3.63) is 35.4 Å². The zero-order valence-corrected chi connectivity index (χ0v) is 16.4. The molecule has 0 aliphatic heterocycles. The van der Waals surface area contributed by atoms with Gasteiger partial charge in [-0.2, -0.15) is 0 Å². The monoisotopic (exact) mass is 346 g/mol. The topological polar surface area (TPSA) is 50.4 Å². The highest BCUT2D eigenvalue weighted by atomic mass is 16.6. The van der Waals surface area contributed by atoms with Crippen molar-refractivity contribution < 1.29 is 9.53 Å². The van der Waals surface area contributed by atoms with Crippen molar-refractivity contribution in [3.8, 4) is 0 Å². The molecule has 0 aromatic heterocycles. The van der Waals surface area contributed by atoms with Gasteiger partial charge in [0.25, 0.3) is 0 Å². The number of carbonyl (C=O) groups is 1. The molecule has 1 saturated carbocycles. The van der Waals surface area contributed by atoms with Crippen LogP contribution in [0.2, 0.25) is 0 Å². The van der Waals surface area contributed by atoms with Crippen LogP contribution in [0.3, 0.4) is 0 Å². The minimum Gasteiger partial charge on any atom is -0.459 e. The summed E-state index contributed by atoms with van der Waals surface area (Å²) in [5.74, 6) is 0.213. The van der Waals surface area contributed by atoms with Crippen molar-refractivity contribution in [2.24, 2.45) is 0 Å². The molecule has 0 heterocycles. The Labute approximate surface area is 152 Å². The maximum atomic E-state index is 12.5. The van der Waals surface area contributed by atoms with Crippen molar-refractivity contribution in [3.63, 3.8) is 0 Å². The molecule has 0 amide bonds. The number of esters is 1. The lowest BCUT2D eigenvalue weighted by atomic mass is 9.81. The van der Waals surface area contributed by atoms with Gasteiger partial charge in [0.05, 0.1) is 5.92 Å². The highest BCUT2D eigenvalue weighted by Gasteiger charge is 2.27. The van der Waals surface area contributed by atoms with Crippen LogP contribution in [-0.4, -0.2) is 38.3 Å². The van der Waals surface area contributed by atoms with E-state index >= 15 is 0 Å². The summed E-state index contributed by atoms with van der Waals surface area (Å²) in [6, 6.07) is 9.28. The minimum absolute atomic E-state index is 0.163. The third kappa shape index (κ3) is 5.82. The molecule has 0 radical (unpaired) electrons. The first-order valence-corrected chi connectivity index (χ1v) is 9.48. The van der Waals surface area contributed by atoms with Gasteiger partial charge in [-0.3, -0.25) is 4.79 Å². The Morgan fingerprint density at radius 1 is 1.12 bits per heavy atom. The first-order chi connectivity index (χ1) is 11.8. The molecule has 2 rings (SSSR count). The molecule has 0 saturated heterocycles. The van der Waals surface area contributed by atoms with Crippen LogP contribution in [0, 0.1) is 0 Å². The molecule has 1 aliphatic carbocycles. The minimum atomic E-state index is -0.463. The van der Waals surface area contributed by atoms with Gasteiger partial charge in [-0.1, -0.05) is 24.3 Å². The largest absolute Gasteiger partial charge is 0.459 e. The number of nitrogens with one attached hydrogen (secondary N) is 2. The van der Waals surface area contributed by atoms with E-state index in [4.69, 9.17) is 4.74 Å². The molecular formula is C21H34N2O2. The van der Waals surface area contributed by atoms with Crippen molar-refractivity contribution in [1.82, 2.24) is 10.6 Å². The van der Waals surface area contributed by atoms with Crippen LogP contribution in [0.5, 0.6) is 0 Å². The lowest BCUT2D eigenvalue weighted by Gasteiger charge is -2.29. The van der Waals surface area contributed by atoms with E-state index in [1.54, 1.807) is 0 Å². The first kappa shape index (κ1) is 19.9. The highest BCUT2D eigenvalue weighted by Crippen LogP contribution is 2.33. The van der Waals surface area contributed by atoms with Crippen LogP contribution in [0.1, 0.15) is 69.4 Å². The van der Waals surface area contributed by atoms with Gasteiger partial charge in [0.15, 0.2) is 0 Å². The van der Waals surface area contributed by atoms with Crippen molar-refractivity contribution in [1.29, 1.82) is 0 Å². The fraction of sp³-hybridized carbons (Fsp3) is 0.667. The molecule has 1 atom stereocenters. The van der Waals surface area contributed by atoms with Crippen molar-refractivity contribution in [2.75, 3.05) is 20.6 Å². The Morgan fingerprint density at radius 2 is 1.72 bits per heavy atom. The predicted molar refractivity (Wildman–Crippen MR) is 103 cm³/mol. The number of likely N-dealkylation sites (N-methyl/N-ethyl adjacent to an activating group) is 1. The van der Waals surface area contributed by atoms with Gasteiger partial charge in [0, 0.05) is 12.6 Å². The predicted octanol–water partition coefficient (Wildman–Crippen LogP) is 3.58. The number of carbonyl (C=O) groups excluding carboxylic acids is 1. The van der Waals surface area contributed by atoms with E-state index in [9.17, 15) is 4.79 Å². The van der Waals surface area contributed by atoms with E-state index < -0.39 is 5.60 Å². The van der Waals surface area contributed by atoms with Crippen molar-refractivity contribution in [2.45, 2.75) is 69.9 Å². The lowest BCUT2D eigenvalue weighted by Crippen LogP contribution is -2.32. The van der Waals surface area contributed by atoms with E-state index in [0.29, 0.717) is 18.5 Å². The third-order valence-corrected chi connectivity index (χ3v) is 5.05. The summed E-state index contributed by atoms with van der Waals surface area (Å²) in [4.78, 5) is 12.5. The van der Waals surface area contributed by atoms with Gasteiger partial charge in [-0.15, -0.1) is 0 Å². The molecule has 4 nitrogen and oxygen atoms in total. The molecule has 1 aromatic carbocycles. The zero-order valence-electron chi connectivity index (χ0n) is 16.4. The lowest BCUT2D eigenvalue weighted by molar-refractivity contribution is -0.156. The second-order valence-electron chi connectivity index (χ2n) is 8.15. The van der Waals surface area contributed by atoms with E-state index in [-0.39, 0.29) is 11.9 Å². The van der Waals surface area contributed by atoms with E-state index in [0.717, 1.165) is 5.56 Å². The van der Waals surface area contributed by atoms with Crippen LogP contribution in [-0.2, 0) is 9.53 Å². The molecule has 140 valence electrons. The highest BCUT2D eigenvalue weighted by molar-refractivity contribution is 5.79. The number of benzene rings is 1. The molecule has 4 heteroatoms. The fourth-order valence-corrected chi connectivity index (χ4v) is 3.63. The SMILES string of the molecule is CNCC(C(=O)OC(C)(C)C)c1ccc([C@H]2CC[C@H](NC)CC2)cc1. The number of ether oxygens (including phenoxy) is 1. The Bertz CT molecular complexity index is 540. The third-order valence-electron chi connectivity index (χ3n) is 5.05. The van der Waals surface area contributed by atoms with Crippen LogP contribution in [0.25, 0.3) is 0 Å². The molecular weight excluding hydrogens is 312 g/mol. The molecule has 1 fully saturated rings. The van der Waals surface area contributed by atoms with Gasteiger partial charge in [0.1, 0.15) is 5.60 Å². The summed E-state index contributed by atoms with van der Waals surface area (Å²) in [6.07, 6.45) is 4.94. The standard InChI is InChI=1S/C21H34N2O2/c1-21(2,3)25-20(24)19(14-22-4)17-8-6-15(7-9-17)16-10-12-18(23-5)13-11-16/h6-9,16,18-19,22-23H,10-14H2,1-5H3/t16-,18-,19?. The Kier molecular flexibility index (Phi) is 7.03. The van der Waals surface area contributed by atoms with E-state index in [2.05, 4.69) is 41.9 Å². The van der Waals surface area contributed by atoms with Crippen LogP contribution in [0.4, 0.5) is 0 Å². The zero-order chi connectivity index (χ0) is 18.4. The molecule has 1 aromatic rings. The Hall–Kier alpha value is -1.39. The summed E-state index contributed by atoms with van der Waals surface area (Å²) in [5.41, 5.74) is 1.96. The van der Waals surface area contributed by atoms with Crippen molar-refractivity contribution >= 4 is 5.97 Å². The second-order valence-corrected chi connectivity index (χ2v) is 8.15. The maximum Gasteiger partial charge on any atom is 0.315 e. The molecule has 1 unspecified atom stereocenters. The summed E-state index contributed by atoms with van der Waals surface area (Å²) in [7, 11) is 3.92. The van der Waals surface area contributed by atoms with Gasteiger partial charge < -0.3 is 15.4 Å². The number of hydrogen-bond acceptors (Lipinski definition) is 4. The number of rotatable bonds is 6.